The van der Waals surface area contributed by atoms with Gasteiger partial charge in [-0.2, -0.15) is 0 Å². The summed E-state index contributed by atoms with van der Waals surface area (Å²) in [6, 6.07) is 13.2. The molecule has 1 aromatic heterocycles. The molecule has 1 N–H and O–H groups in total. The molecule has 1 saturated heterocycles. The SMILES string of the molecule is CCOc1ccc(OCCC(=O)Nc2ccc3nc(N4CCOCC4)sc3c2)cc1. The number of morpholine rings is 1. The van der Waals surface area contributed by atoms with Crippen molar-refractivity contribution in [2.24, 2.45) is 0 Å². The zero-order valence-electron chi connectivity index (χ0n) is 16.9. The van der Waals surface area contributed by atoms with Gasteiger partial charge in [-0.05, 0) is 49.4 Å². The zero-order chi connectivity index (χ0) is 20.8. The van der Waals surface area contributed by atoms with E-state index in [1.54, 1.807) is 11.3 Å². The molecule has 0 saturated carbocycles. The Morgan fingerprint density at radius 3 is 2.60 bits per heavy atom. The van der Waals surface area contributed by atoms with Crippen LogP contribution >= 0.6 is 11.3 Å². The van der Waals surface area contributed by atoms with E-state index in [0.717, 1.165) is 53.1 Å². The van der Waals surface area contributed by atoms with Gasteiger partial charge in [0.1, 0.15) is 11.5 Å². The minimum atomic E-state index is -0.0850. The maximum absolute atomic E-state index is 12.3. The van der Waals surface area contributed by atoms with Crippen molar-refractivity contribution in [3.05, 3.63) is 42.5 Å². The fraction of sp³-hybridized carbons (Fsp3) is 0.364. The molecule has 158 valence electrons. The Bertz CT molecular complexity index is 984. The molecular formula is C22H25N3O4S. The first-order valence-corrected chi connectivity index (χ1v) is 10.9. The van der Waals surface area contributed by atoms with Crippen molar-refractivity contribution in [2.45, 2.75) is 13.3 Å². The van der Waals surface area contributed by atoms with Crippen LogP contribution in [0.2, 0.25) is 0 Å². The van der Waals surface area contributed by atoms with Gasteiger partial charge in [0.25, 0.3) is 0 Å². The predicted molar refractivity (Wildman–Crippen MR) is 119 cm³/mol. The third-order valence-electron chi connectivity index (χ3n) is 4.68. The molecule has 0 atom stereocenters. The number of amides is 1. The third-order valence-corrected chi connectivity index (χ3v) is 5.75. The zero-order valence-corrected chi connectivity index (χ0v) is 17.7. The van der Waals surface area contributed by atoms with Crippen LogP contribution in [-0.4, -0.2) is 50.4 Å². The van der Waals surface area contributed by atoms with Crippen molar-refractivity contribution < 1.29 is 19.0 Å². The average molecular weight is 428 g/mol. The fourth-order valence-corrected chi connectivity index (χ4v) is 4.22. The second-order valence-corrected chi connectivity index (χ2v) is 7.84. The van der Waals surface area contributed by atoms with Crippen molar-refractivity contribution in [1.82, 2.24) is 4.98 Å². The molecule has 3 aromatic rings. The van der Waals surface area contributed by atoms with Gasteiger partial charge in [0.15, 0.2) is 5.13 Å². The molecule has 7 nitrogen and oxygen atoms in total. The second kappa shape index (κ2) is 9.77. The maximum Gasteiger partial charge on any atom is 0.227 e. The number of carbonyl (C=O) groups excluding carboxylic acids is 1. The van der Waals surface area contributed by atoms with Crippen molar-refractivity contribution in [3.63, 3.8) is 0 Å². The summed E-state index contributed by atoms with van der Waals surface area (Å²) in [4.78, 5) is 19.2. The van der Waals surface area contributed by atoms with Crippen LogP contribution < -0.4 is 19.7 Å². The van der Waals surface area contributed by atoms with Gasteiger partial charge in [-0.1, -0.05) is 11.3 Å². The quantitative estimate of drug-likeness (QED) is 0.587. The second-order valence-electron chi connectivity index (χ2n) is 6.83. The van der Waals surface area contributed by atoms with Crippen LogP contribution in [0.25, 0.3) is 10.2 Å². The molecule has 1 aliphatic rings. The number of ether oxygens (including phenoxy) is 3. The lowest BCUT2D eigenvalue weighted by atomic mass is 10.3. The number of rotatable bonds is 8. The Morgan fingerprint density at radius 1 is 1.13 bits per heavy atom. The summed E-state index contributed by atoms with van der Waals surface area (Å²) < 4.78 is 17.5. The number of benzene rings is 2. The molecule has 0 spiro atoms. The van der Waals surface area contributed by atoms with Gasteiger partial charge in [-0.15, -0.1) is 0 Å². The molecule has 1 fully saturated rings. The lowest BCUT2D eigenvalue weighted by molar-refractivity contribution is -0.116. The highest BCUT2D eigenvalue weighted by atomic mass is 32.1. The number of aromatic nitrogens is 1. The highest BCUT2D eigenvalue weighted by Gasteiger charge is 2.15. The number of nitrogens with one attached hydrogen (secondary N) is 1. The molecule has 4 rings (SSSR count). The fourth-order valence-electron chi connectivity index (χ4n) is 3.16. The molecule has 1 aliphatic heterocycles. The summed E-state index contributed by atoms with van der Waals surface area (Å²) in [5.41, 5.74) is 1.71. The highest BCUT2D eigenvalue weighted by Crippen LogP contribution is 2.31. The minimum Gasteiger partial charge on any atom is -0.494 e. The van der Waals surface area contributed by atoms with E-state index >= 15 is 0 Å². The van der Waals surface area contributed by atoms with Crippen LogP contribution in [0.1, 0.15) is 13.3 Å². The van der Waals surface area contributed by atoms with E-state index in [4.69, 9.17) is 19.2 Å². The monoisotopic (exact) mass is 427 g/mol. The number of anilines is 2. The number of nitrogens with zero attached hydrogens (tertiary/aromatic N) is 2. The van der Waals surface area contributed by atoms with Crippen molar-refractivity contribution in [1.29, 1.82) is 0 Å². The van der Waals surface area contributed by atoms with Gasteiger partial charge in [-0.25, -0.2) is 4.98 Å². The Labute approximate surface area is 179 Å². The van der Waals surface area contributed by atoms with E-state index in [1.807, 2.05) is 49.4 Å². The Hall–Kier alpha value is -2.84. The molecule has 2 heterocycles. The largest absolute Gasteiger partial charge is 0.494 e. The molecule has 8 heteroatoms. The smallest absolute Gasteiger partial charge is 0.227 e. The molecule has 0 radical (unpaired) electrons. The third kappa shape index (κ3) is 5.20. The number of fused-ring (bicyclic) bond motifs is 1. The van der Waals surface area contributed by atoms with Crippen LogP contribution in [0.5, 0.6) is 11.5 Å². The first-order chi connectivity index (χ1) is 14.7. The van der Waals surface area contributed by atoms with E-state index in [1.165, 1.54) is 0 Å². The van der Waals surface area contributed by atoms with Gasteiger partial charge in [0, 0.05) is 18.8 Å². The molecule has 0 unspecified atom stereocenters. The lowest BCUT2D eigenvalue weighted by Crippen LogP contribution is -2.36. The van der Waals surface area contributed by atoms with Crippen LogP contribution in [-0.2, 0) is 9.53 Å². The average Bonchev–Trinajstić information content (AvgIpc) is 3.19. The van der Waals surface area contributed by atoms with Crippen LogP contribution in [0.3, 0.4) is 0 Å². The van der Waals surface area contributed by atoms with Crippen LogP contribution in [0.15, 0.2) is 42.5 Å². The summed E-state index contributed by atoms with van der Waals surface area (Å²) in [6.07, 6.45) is 0.271. The van der Waals surface area contributed by atoms with Crippen LogP contribution in [0, 0.1) is 0 Å². The summed E-state index contributed by atoms with van der Waals surface area (Å²) >= 11 is 1.64. The molecule has 0 bridgehead atoms. The predicted octanol–water partition coefficient (Wildman–Crippen LogP) is 3.94. The molecule has 30 heavy (non-hydrogen) atoms. The van der Waals surface area contributed by atoms with Gasteiger partial charge in [0.2, 0.25) is 5.91 Å². The maximum atomic E-state index is 12.3. The van der Waals surface area contributed by atoms with Gasteiger partial charge in [-0.3, -0.25) is 4.79 Å². The van der Waals surface area contributed by atoms with E-state index in [-0.39, 0.29) is 12.3 Å². The van der Waals surface area contributed by atoms with E-state index in [2.05, 4.69) is 10.2 Å². The number of carbonyl (C=O) groups is 1. The number of thiazole rings is 1. The molecule has 0 aliphatic carbocycles. The standard InChI is InChI=1S/C22H25N3O4S/c1-2-28-17-4-6-18(7-5-17)29-12-9-21(26)23-16-3-8-19-20(15-16)30-22(24-19)25-10-13-27-14-11-25/h3-8,15H,2,9-14H2,1H3,(H,23,26). The van der Waals surface area contributed by atoms with Crippen LogP contribution in [0.4, 0.5) is 10.8 Å². The minimum absolute atomic E-state index is 0.0850. The van der Waals surface area contributed by atoms with Gasteiger partial charge in [0.05, 0.1) is 43.1 Å². The molecular weight excluding hydrogens is 402 g/mol. The summed E-state index contributed by atoms with van der Waals surface area (Å²) in [6.45, 7) is 6.06. The Kier molecular flexibility index (Phi) is 6.66. The topological polar surface area (TPSA) is 72.9 Å². The van der Waals surface area contributed by atoms with E-state index in [9.17, 15) is 4.79 Å². The van der Waals surface area contributed by atoms with Crippen molar-refractivity contribution >= 4 is 38.3 Å². The number of hydrogen-bond acceptors (Lipinski definition) is 7. The highest BCUT2D eigenvalue weighted by molar-refractivity contribution is 7.22. The summed E-state index contributed by atoms with van der Waals surface area (Å²) in [5, 5.41) is 3.94. The summed E-state index contributed by atoms with van der Waals surface area (Å²) in [5.74, 6) is 1.43. The lowest BCUT2D eigenvalue weighted by Gasteiger charge is -2.25. The molecule has 2 aromatic carbocycles. The van der Waals surface area contributed by atoms with Gasteiger partial charge < -0.3 is 24.4 Å². The number of hydrogen-bond donors (Lipinski definition) is 1. The summed E-state index contributed by atoms with van der Waals surface area (Å²) in [7, 11) is 0. The Morgan fingerprint density at radius 2 is 1.87 bits per heavy atom. The normalized spacial score (nSPS) is 14.0. The Balaban J connectivity index is 1.29. The van der Waals surface area contributed by atoms with Crippen molar-refractivity contribution in [3.8, 4) is 11.5 Å². The van der Waals surface area contributed by atoms with Gasteiger partial charge >= 0.3 is 0 Å². The first kappa shape index (κ1) is 20.4. The van der Waals surface area contributed by atoms with E-state index < -0.39 is 0 Å². The van der Waals surface area contributed by atoms with E-state index in [0.29, 0.717) is 19.0 Å². The molecule has 1 amide bonds. The van der Waals surface area contributed by atoms with Crippen molar-refractivity contribution in [2.75, 3.05) is 49.7 Å². The first-order valence-electron chi connectivity index (χ1n) is 10.1.